The van der Waals surface area contributed by atoms with Crippen LogP contribution in [0.3, 0.4) is 0 Å². The maximum Gasteiger partial charge on any atom is 0.410 e. The van der Waals surface area contributed by atoms with Gasteiger partial charge in [0.15, 0.2) is 5.78 Å². The molecule has 0 saturated carbocycles. The fraction of sp³-hybridized carbons (Fsp3) is 0.625. The van der Waals surface area contributed by atoms with Crippen LogP contribution in [0.2, 0.25) is 0 Å². The Kier molecular flexibility index (Phi) is 3.67. The lowest BCUT2D eigenvalue weighted by Gasteiger charge is -2.43. The van der Waals surface area contributed by atoms with Crippen molar-refractivity contribution in [1.29, 1.82) is 0 Å². The average Bonchev–Trinajstić information content (AvgIpc) is 2.85. The number of carbonyl (C=O) groups is 2. The van der Waals surface area contributed by atoms with Gasteiger partial charge < -0.3 is 14.4 Å². The van der Waals surface area contributed by atoms with Crippen molar-refractivity contribution in [2.24, 2.45) is 0 Å². The van der Waals surface area contributed by atoms with E-state index in [0.29, 0.717) is 38.1 Å². The lowest BCUT2D eigenvalue weighted by molar-refractivity contribution is -0.0221. The van der Waals surface area contributed by atoms with Crippen molar-refractivity contribution in [3.8, 4) is 5.75 Å². The van der Waals surface area contributed by atoms with Crippen molar-refractivity contribution in [2.45, 2.75) is 51.2 Å². The summed E-state index contributed by atoms with van der Waals surface area (Å²) in [5.41, 5.74) is -0.946. The Morgan fingerprint density at radius 3 is 2.68 bits per heavy atom. The minimum absolute atomic E-state index is 0.155. The number of fused-ring (bicyclic) bond motifs is 1. The van der Waals surface area contributed by atoms with E-state index in [9.17, 15) is 9.59 Å². The number of thiophene rings is 1. The fourth-order valence-electron chi connectivity index (χ4n) is 2.93. The van der Waals surface area contributed by atoms with Gasteiger partial charge in [-0.1, -0.05) is 0 Å². The zero-order valence-corrected chi connectivity index (χ0v) is 14.0. The van der Waals surface area contributed by atoms with Gasteiger partial charge in [0.05, 0.1) is 6.42 Å². The van der Waals surface area contributed by atoms with E-state index in [0.717, 1.165) is 4.88 Å². The Balaban J connectivity index is 1.65. The van der Waals surface area contributed by atoms with Gasteiger partial charge in [-0.15, -0.1) is 11.3 Å². The summed E-state index contributed by atoms with van der Waals surface area (Å²) in [5.74, 6) is 0.855. The number of nitrogens with zero attached hydrogens (tertiary/aromatic N) is 1. The Hall–Kier alpha value is -1.56. The molecular weight excluding hydrogens is 302 g/mol. The average molecular weight is 323 g/mol. The van der Waals surface area contributed by atoms with Crippen LogP contribution in [0.4, 0.5) is 4.79 Å². The highest BCUT2D eigenvalue weighted by atomic mass is 32.1. The number of hydrogen-bond donors (Lipinski definition) is 0. The van der Waals surface area contributed by atoms with E-state index in [1.807, 2.05) is 32.2 Å². The molecule has 5 nitrogen and oxygen atoms in total. The summed E-state index contributed by atoms with van der Waals surface area (Å²) in [5, 5.41) is 1.89. The summed E-state index contributed by atoms with van der Waals surface area (Å²) in [6.07, 6.45) is 1.43. The molecule has 0 N–H and O–H groups in total. The third-order valence-corrected chi connectivity index (χ3v) is 4.95. The van der Waals surface area contributed by atoms with Gasteiger partial charge in [0.1, 0.15) is 21.8 Å². The normalized spacial score (nSPS) is 20.5. The van der Waals surface area contributed by atoms with Crippen molar-refractivity contribution in [3.63, 3.8) is 0 Å². The van der Waals surface area contributed by atoms with Gasteiger partial charge in [-0.2, -0.15) is 0 Å². The molecule has 0 aromatic carbocycles. The smallest absolute Gasteiger partial charge is 0.410 e. The maximum absolute atomic E-state index is 12.2. The summed E-state index contributed by atoms with van der Waals surface area (Å²) in [7, 11) is 0. The van der Waals surface area contributed by atoms with Crippen LogP contribution >= 0.6 is 11.3 Å². The summed E-state index contributed by atoms with van der Waals surface area (Å²) < 4.78 is 11.5. The number of carbonyl (C=O) groups excluding carboxylic acids is 2. The molecule has 0 unspecified atom stereocenters. The van der Waals surface area contributed by atoms with Crippen LogP contribution in [-0.4, -0.2) is 41.1 Å². The minimum atomic E-state index is -0.491. The van der Waals surface area contributed by atoms with E-state index in [1.54, 1.807) is 4.90 Å². The molecule has 22 heavy (non-hydrogen) atoms. The largest absolute Gasteiger partial charge is 0.485 e. The third-order valence-electron chi connectivity index (χ3n) is 4.02. The lowest BCUT2D eigenvalue weighted by Crippen LogP contribution is -2.52. The predicted octanol–water partition coefficient (Wildman–Crippen LogP) is 3.48. The lowest BCUT2D eigenvalue weighted by atomic mass is 9.84. The summed E-state index contributed by atoms with van der Waals surface area (Å²) in [4.78, 5) is 26.8. The summed E-state index contributed by atoms with van der Waals surface area (Å²) in [6, 6.07) is 1.86. The highest BCUT2D eigenvalue weighted by Gasteiger charge is 2.44. The topological polar surface area (TPSA) is 55.8 Å². The molecular formula is C16H21NO4S. The molecule has 120 valence electrons. The summed E-state index contributed by atoms with van der Waals surface area (Å²) in [6.45, 7) is 6.69. The van der Waals surface area contributed by atoms with Gasteiger partial charge in [-0.05, 0) is 32.2 Å². The molecule has 0 bridgehead atoms. The molecule has 1 aromatic rings. The van der Waals surface area contributed by atoms with E-state index in [1.165, 1.54) is 11.3 Å². The van der Waals surface area contributed by atoms with E-state index in [-0.39, 0.29) is 11.9 Å². The number of ketones is 1. The van der Waals surface area contributed by atoms with Gasteiger partial charge in [0.25, 0.3) is 0 Å². The van der Waals surface area contributed by atoms with Gasteiger partial charge in [-0.3, -0.25) is 4.79 Å². The van der Waals surface area contributed by atoms with Gasteiger partial charge in [0.2, 0.25) is 0 Å². The molecule has 2 aliphatic heterocycles. The first-order chi connectivity index (χ1) is 10.3. The third kappa shape index (κ3) is 2.97. The van der Waals surface area contributed by atoms with Crippen LogP contribution in [0, 0.1) is 0 Å². The molecule has 1 fully saturated rings. The van der Waals surface area contributed by atoms with Crippen molar-refractivity contribution in [2.75, 3.05) is 13.1 Å². The van der Waals surface area contributed by atoms with Crippen molar-refractivity contribution in [1.82, 2.24) is 4.90 Å². The highest BCUT2D eigenvalue weighted by Crippen LogP contribution is 2.41. The Labute approximate surface area is 134 Å². The van der Waals surface area contributed by atoms with Crippen LogP contribution in [0.5, 0.6) is 5.75 Å². The Morgan fingerprint density at radius 2 is 2.05 bits per heavy atom. The van der Waals surface area contributed by atoms with E-state index >= 15 is 0 Å². The van der Waals surface area contributed by atoms with Crippen LogP contribution < -0.4 is 4.74 Å². The van der Waals surface area contributed by atoms with E-state index < -0.39 is 11.2 Å². The van der Waals surface area contributed by atoms with Crippen molar-refractivity contribution in [3.05, 3.63) is 16.3 Å². The second-order valence-electron chi connectivity index (χ2n) is 6.97. The van der Waals surface area contributed by atoms with E-state index in [2.05, 4.69) is 0 Å². The Bertz CT molecular complexity index is 594. The highest BCUT2D eigenvalue weighted by molar-refractivity contribution is 7.12. The molecule has 0 atom stereocenters. The molecule has 1 amide bonds. The van der Waals surface area contributed by atoms with Gasteiger partial charge >= 0.3 is 6.09 Å². The molecule has 3 heterocycles. The number of ether oxygens (including phenoxy) is 2. The number of piperidine rings is 1. The molecule has 2 aliphatic rings. The van der Waals surface area contributed by atoms with Crippen molar-refractivity contribution < 1.29 is 19.1 Å². The fourth-order valence-corrected chi connectivity index (χ4v) is 3.68. The zero-order chi connectivity index (χ0) is 16.0. The van der Waals surface area contributed by atoms with Crippen LogP contribution in [0.15, 0.2) is 11.4 Å². The Morgan fingerprint density at radius 1 is 1.36 bits per heavy atom. The standard InChI is InChI=1S/C16H21NO4S/c1-15(2,3)21-14(19)17-7-5-16(6-8-17)10-11(18)13-12(20-16)4-9-22-13/h4,9H,5-8,10H2,1-3H3. The van der Waals surface area contributed by atoms with Crippen LogP contribution in [0.25, 0.3) is 0 Å². The SMILES string of the molecule is CC(C)(C)OC(=O)N1CCC2(CC1)CC(=O)c1sccc1O2. The first kappa shape index (κ1) is 15.3. The second-order valence-corrected chi connectivity index (χ2v) is 7.88. The number of hydrogen-bond acceptors (Lipinski definition) is 5. The second kappa shape index (κ2) is 5.26. The quantitative estimate of drug-likeness (QED) is 0.733. The molecule has 1 aromatic heterocycles. The molecule has 3 rings (SSSR count). The van der Waals surface area contributed by atoms with Gasteiger partial charge in [-0.25, -0.2) is 4.79 Å². The zero-order valence-electron chi connectivity index (χ0n) is 13.2. The molecule has 1 saturated heterocycles. The first-order valence-electron chi connectivity index (χ1n) is 7.56. The minimum Gasteiger partial charge on any atom is -0.485 e. The van der Waals surface area contributed by atoms with Crippen LogP contribution in [0.1, 0.15) is 49.7 Å². The number of rotatable bonds is 0. The van der Waals surface area contributed by atoms with Crippen LogP contribution in [-0.2, 0) is 4.74 Å². The number of likely N-dealkylation sites (tertiary alicyclic amines) is 1. The molecule has 1 spiro atoms. The van der Waals surface area contributed by atoms with Crippen molar-refractivity contribution >= 4 is 23.2 Å². The van der Waals surface area contributed by atoms with Gasteiger partial charge in [0, 0.05) is 25.9 Å². The predicted molar refractivity (Wildman–Crippen MR) is 83.7 cm³/mol. The molecule has 0 radical (unpaired) electrons. The maximum atomic E-state index is 12.2. The number of amides is 1. The summed E-state index contributed by atoms with van der Waals surface area (Å²) >= 11 is 1.43. The molecule has 0 aliphatic carbocycles. The molecule has 6 heteroatoms. The van der Waals surface area contributed by atoms with E-state index in [4.69, 9.17) is 9.47 Å². The first-order valence-corrected chi connectivity index (χ1v) is 8.44. The monoisotopic (exact) mass is 323 g/mol. The number of Topliss-reactive ketones (excluding diaryl/α,β-unsaturated/α-hetero) is 1.